The number of rotatable bonds is 5. The third-order valence-electron chi connectivity index (χ3n) is 6.77. The molecule has 1 fully saturated rings. The second-order valence-corrected chi connectivity index (χ2v) is 11.6. The van der Waals surface area contributed by atoms with Crippen LogP contribution in [0.25, 0.3) is 28.2 Å². The summed E-state index contributed by atoms with van der Waals surface area (Å²) in [6.07, 6.45) is 3.20. The molecule has 0 radical (unpaired) electrons. The molecule has 0 bridgehead atoms. The highest BCUT2D eigenvalue weighted by Gasteiger charge is 2.19. The fraction of sp³-hybridized carbons (Fsp3) is 0.333. The number of nitrogens with zero attached hydrogens (tertiary/aromatic N) is 5. The van der Waals surface area contributed by atoms with Gasteiger partial charge in [0.05, 0.1) is 4.90 Å². The Balaban J connectivity index is 1.39. The van der Waals surface area contributed by atoms with Crippen molar-refractivity contribution in [3.05, 3.63) is 66.4 Å². The molecule has 3 heterocycles. The van der Waals surface area contributed by atoms with Gasteiger partial charge in [-0.15, -0.1) is 5.10 Å². The van der Waals surface area contributed by atoms with Crippen molar-refractivity contribution in [3.8, 4) is 22.5 Å². The number of anilines is 1. The standard InChI is InChI=1S/C27H31N5O2S/c1-19(2)30-13-15-31(16-14-30)24-9-5-21(6-10-24)23-17-20(3)27-28-26(29-32(27)18-23)22-7-11-25(12-8-22)35(4,33)34/h5-12,17-19H,13-16H2,1-4H3. The number of aromatic nitrogens is 3. The van der Waals surface area contributed by atoms with Gasteiger partial charge in [-0.25, -0.2) is 17.9 Å². The quantitative estimate of drug-likeness (QED) is 0.416. The summed E-state index contributed by atoms with van der Waals surface area (Å²) in [5.41, 5.74) is 6.07. The van der Waals surface area contributed by atoms with Gasteiger partial charge in [0.1, 0.15) is 0 Å². The molecule has 2 aromatic carbocycles. The van der Waals surface area contributed by atoms with Crippen molar-refractivity contribution in [2.45, 2.75) is 31.7 Å². The van der Waals surface area contributed by atoms with E-state index in [0.717, 1.165) is 54.1 Å². The molecule has 1 aliphatic heterocycles. The van der Waals surface area contributed by atoms with Gasteiger partial charge >= 0.3 is 0 Å². The number of piperazine rings is 1. The zero-order valence-corrected chi connectivity index (χ0v) is 21.5. The van der Waals surface area contributed by atoms with Crippen LogP contribution in [0, 0.1) is 6.92 Å². The Morgan fingerprint density at radius 2 is 1.49 bits per heavy atom. The van der Waals surface area contributed by atoms with Crippen molar-refractivity contribution in [2.24, 2.45) is 0 Å². The van der Waals surface area contributed by atoms with E-state index in [1.54, 1.807) is 24.3 Å². The first-order chi connectivity index (χ1) is 16.7. The van der Waals surface area contributed by atoms with E-state index >= 15 is 0 Å². The van der Waals surface area contributed by atoms with Crippen LogP contribution < -0.4 is 4.90 Å². The fourth-order valence-corrected chi connectivity index (χ4v) is 5.27. The molecule has 0 N–H and O–H groups in total. The van der Waals surface area contributed by atoms with E-state index in [4.69, 9.17) is 4.98 Å². The SMILES string of the molecule is Cc1cc(-c2ccc(N3CCN(C(C)C)CC3)cc2)cn2nc(-c3ccc(S(C)(=O)=O)cc3)nc12. The van der Waals surface area contributed by atoms with Gasteiger partial charge in [-0.05, 0) is 74.4 Å². The molecule has 1 aliphatic rings. The maximum absolute atomic E-state index is 11.7. The number of pyridine rings is 1. The van der Waals surface area contributed by atoms with Gasteiger partial charge in [0.2, 0.25) is 0 Å². The Morgan fingerprint density at radius 3 is 2.09 bits per heavy atom. The maximum Gasteiger partial charge on any atom is 0.182 e. The second kappa shape index (κ2) is 9.09. The zero-order valence-electron chi connectivity index (χ0n) is 20.6. The third-order valence-corrected chi connectivity index (χ3v) is 7.90. The Labute approximate surface area is 206 Å². The van der Waals surface area contributed by atoms with Gasteiger partial charge in [-0.1, -0.05) is 12.1 Å². The zero-order chi connectivity index (χ0) is 24.7. The molecule has 0 spiro atoms. The van der Waals surface area contributed by atoms with E-state index in [2.05, 4.69) is 59.1 Å². The summed E-state index contributed by atoms with van der Waals surface area (Å²) in [6, 6.07) is 18.2. The summed E-state index contributed by atoms with van der Waals surface area (Å²) in [7, 11) is -3.24. The molecule has 0 atom stereocenters. The predicted molar refractivity (Wildman–Crippen MR) is 141 cm³/mol. The van der Waals surface area contributed by atoms with Gasteiger partial charge in [-0.2, -0.15) is 0 Å². The van der Waals surface area contributed by atoms with Crippen LogP contribution in [0.3, 0.4) is 0 Å². The van der Waals surface area contributed by atoms with Crippen LogP contribution in [-0.4, -0.2) is 66.4 Å². The minimum atomic E-state index is -3.24. The first-order valence-electron chi connectivity index (χ1n) is 12.0. The normalized spacial score (nSPS) is 15.3. The van der Waals surface area contributed by atoms with Crippen LogP contribution in [-0.2, 0) is 9.84 Å². The molecule has 2 aromatic heterocycles. The number of sulfone groups is 1. The summed E-state index contributed by atoms with van der Waals surface area (Å²) in [4.78, 5) is 9.96. The minimum absolute atomic E-state index is 0.286. The average molecular weight is 490 g/mol. The van der Waals surface area contributed by atoms with Gasteiger partial charge in [-0.3, -0.25) is 4.90 Å². The summed E-state index contributed by atoms with van der Waals surface area (Å²) in [6.45, 7) is 10.9. The molecular formula is C27H31N5O2S. The van der Waals surface area contributed by atoms with Crippen LogP contribution in [0.4, 0.5) is 5.69 Å². The molecule has 5 rings (SSSR count). The molecule has 1 saturated heterocycles. The Morgan fingerprint density at radius 1 is 0.857 bits per heavy atom. The lowest BCUT2D eigenvalue weighted by Crippen LogP contribution is -2.48. The van der Waals surface area contributed by atoms with E-state index in [1.165, 1.54) is 11.9 Å². The Hall–Kier alpha value is -3.23. The van der Waals surface area contributed by atoms with Crippen LogP contribution in [0.2, 0.25) is 0 Å². The highest BCUT2D eigenvalue weighted by molar-refractivity contribution is 7.90. The number of hydrogen-bond acceptors (Lipinski definition) is 6. The molecule has 4 aromatic rings. The third kappa shape index (κ3) is 4.81. The van der Waals surface area contributed by atoms with Gasteiger partial charge in [0, 0.05) is 61.5 Å². The monoisotopic (exact) mass is 489 g/mol. The lowest BCUT2D eigenvalue weighted by atomic mass is 10.1. The molecule has 8 heteroatoms. The van der Waals surface area contributed by atoms with Crippen molar-refractivity contribution in [1.29, 1.82) is 0 Å². The van der Waals surface area contributed by atoms with Gasteiger partial charge in [0.25, 0.3) is 0 Å². The van der Waals surface area contributed by atoms with Crippen molar-refractivity contribution in [1.82, 2.24) is 19.5 Å². The number of benzene rings is 2. The average Bonchev–Trinajstić information content (AvgIpc) is 3.29. The highest BCUT2D eigenvalue weighted by atomic mass is 32.2. The fourth-order valence-electron chi connectivity index (χ4n) is 4.64. The highest BCUT2D eigenvalue weighted by Crippen LogP contribution is 2.27. The maximum atomic E-state index is 11.7. The second-order valence-electron chi connectivity index (χ2n) is 9.58. The van der Waals surface area contributed by atoms with Crippen LogP contribution in [0.5, 0.6) is 0 Å². The summed E-state index contributed by atoms with van der Waals surface area (Å²) in [5, 5.41) is 4.68. The predicted octanol–water partition coefficient (Wildman–Crippen LogP) is 4.31. The van der Waals surface area contributed by atoms with Crippen molar-refractivity contribution >= 4 is 21.2 Å². The molecule has 0 saturated carbocycles. The topological polar surface area (TPSA) is 70.8 Å². The first kappa shape index (κ1) is 23.5. The lowest BCUT2D eigenvalue weighted by Gasteiger charge is -2.38. The molecule has 35 heavy (non-hydrogen) atoms. The van der Waals surface area contributed by atoms with E-state index in [9.17, 15) is 8.42 Å². The molecule has 7 nitrogen and oxygen atoms in total. The summed E-state index contributed by atoms with van der Waals surface area (Å²) in [5.74, 6) is 0.571. The van der Waals surface area contributed by atoms with Crippen LogP contribution in [0.15, 0.2) is 65.7 Å². The molecule has 182 valence electrons. The van der Waals surface area contributed by atoms with Crippen molar-refractivity contribution in [2.75, 3.05) is 37.3 Å². The van der Waals surface area contributed by atoms with Crippen LogP contribution >= 0.6 is 0 Å². The number of aryl methyl sites for hydroxylation is 1. The Kier molecular flexibility index (Phi) is 6.11. The largest absolute Gasteiger partial charge is 0.369 e. The smallest absolute Gasteiger partial charge is 0.182 e. The van der Waals surface area contributed by atoms with E-state index in [1.807, 2.05) is 17.6 Å². The lowest BCUT2D eigenvalue weighted by molar-refractivity contribution is 0.209. The molecular weight excluding hydrogens is 458 g/mol. The van der Waals surface area contributed by atoms with Crippen molar-refractivity contribution < 1.29 is 8.42 Å². The van der Waals surface area contributed by atoms with Gasteiger partial charge < -0.3 is 4.90 Å². The minimum Gasteiger partial charge on any atom is -0.369 e. The van der Waals surface area contributed by atoms with Crippen molar-refractivity contribution in [3.63, 3.8) is 0 Å². The van der Waals surface area contributed by atoms with E-state index in [-0.39, 0.29) is 4.90 Å². The molecule has 0 unspecified atom stereocenters. The van der Waals surface area contributed by atoms with E-state index < -0.39 is 9.84 Å². The molecule has 0 amide bonds. The molecule has 0 aliphatic carbocycles. The Bertz CT molecular complexity index is 1450. The number of fused-ring (bicyclic) bond motifs is 1. The number of hydrogen-bond donors (Lipinski definition) is 0. The van der Waals surface area contributed by atoms with Gasteiger partial charge in [0.15, 0.2) is 21.3 Å². The first-order valence-corrected chi connectivity index (χ1v) is 13.8. The summed E-state index contributed by atoms with van der Waals surface area (Å²) >= 11 is 0. The summed E-state index contributed by atoms with van der Waals surface area (Å²) < 4.78 is 25.3. The van der Waals surface area contributed by atoms with E-state index in [0.29, 0.717) is 11.9 Å². The van der Waals surface area contributed by atoms with Crippen LogP contribution in [0.1, 0.15) is 19.4 Å².